The van der Waals surface area contributed by atoms with Gasteiger partial charge in [-0.05, 0) is 37.8 Å². The molecule has 1 aliphatic heterocycles. The number of rotatable bonds is 4. The van der Waals surface area contributed by atoms with E-state index in [1.165, 1.54) is 6.07 Å². The van der Waals surface area contributed by atoms with Crippen LogP contribution >= 0.6 is 11.3 Å². The van der Waals surface area contributed by atoms with Gasteiger partial charge in [-0.15, -0.1) is 11.3 Å². The molecule has 4 rings (SSSR count). The van der Waals surface area contributed by atoms with E-state index in [0.29, 0.717) is 29.4 Å². The quantitative estimate of drug-likeness (QED) is 0.825. The first-order valence-corrected chi connectivity index (χ1v) is 9.95. The van der Waals surface area contributed by atoms with E-state index in [2.05, 4.69) is 10.3 Å². The molecule has 1 aliphatic carbocycles. The molecule has 0 unspecified atom stereocenters. The average Bonchev–Trinajstić information content (AvgIpc) is 3.20. The molecule has 2 fully saturated rings. The molecule has 9 heteroatoms. The number of aromatic nitrogens is 1. The summed E-state index contributed by atoms with van der Waals surface area (Å²) in [7, 11) is 0. The first-order valence-electron chi connectivity index (χ1n) is 9.07. The number of anilines is 1. The first kappa shape index (κ1) is 18.9. The molecule has 148 valence electrons. The third-order valence-corrected chi connectivity index (χ3v) is 5.74. The number of hydrogen-bond donors (Lipinski definition) is 1. The van der Waals surface area contributed by atoms with Gasteiger partial charge >= 0.3 is 6.18 Å². The van der Waals surface area contributed by atoms with Crippen LogP contribution in [-0.2, 0) is 15.8 Å². The second-order valence-corrected chi connectivity index (χ2v) is 7.93. The van der Waals surface area contributed by atoms with Crippen LogP contribution in [0, 0.1) is 5.92 Å². The van der Waals surface area contributed by atoms with Crippen LogP contribution in [0.1, 0.15) is 31.2 Å². The fourth-order valence-electron chi connectivity index (χ4n) is 3.38. The number of benzene rings is 1. The Hall–Kier alpha value is -2.42. The number of thiazole rings is 1. The van der Waals surface area contributed by atoms with Gasteiger partial charge in [-0.2, -0.15) is 13.2 Å². The number of likely N-dealkylation sites (tertiary alicyclic amines) is 1. The number of alkyl halides is 3. The van der Waals surface area contributed by atoms with Gasteiger partial charge in [0, 0.05) is 23.4 Å². The van der Waals surface area contributed by atoms with Crippen molar-refractivity contribution in [1.29, 1.82) is 0 Å². The summed E-state index contributed by atoms with van der Waals surface area (Å²) in [5, 5.41) is 4.63. The number of carbonyl (C=O) groups is 2. The third-order valence-electron chi connectivity index (χ3n) is 4.99. The Morgan fingerprint density at radius 1 is 1.21 bits per heavy atom. The van der Waals surface area contributed by atoms with E-state index in [4.69, 9.17) is 0 Å². The highest BCUT2D eigenvalue weighted by molar-refractivity contribution is 7.14. The van der Waals surface area contributed by atoms with E-state index >= 15 is 0 Å². The Labute approximate surface area is 163 Å². The van der Waals surface area contributed by atoms with Crippen LogP contribution in [0.4, 0.5) is 18.3 Å². The molecule has 0 spiro atoms. The molecule has 2 heterocycles. The smallest absolute Gasteiger partial charge is 0.330 e. The van der Waals surface area contributed by atoms with Crippen LogP contribution in [-0.4, -0.2) is 34.3 Å². The molecule has 1 atom stereocenters. The minimum Gasteiger partial charge on any atom is -0.330 e. The standard InChI is InChI=1S/C19H18F3N3O2S/c20-19(21,22)13-4-1-3-12(9-13)14-10-28-18(23-14)24-16(26)15-5-2-8-25(15)17(27)11-6-7-11/h1,3-4,9-11,15H,2,5-8H2,(H,23,24,26)/t15-/m1/s1. The highest BCUT2D eigenvalue weighted by Gasteiger charge is 2.41. The molecule has 0 bridgehead atoms. The highest BCUT2D eigenvalue weighted by atomic mass is 32.1. The zero-order chi connectivity index (χ0) is 19.9. The average molecular weight is 409 g/mol. The van der Waals surface area contributed by atoms with E-state index in [-0.39, 0.29) is 17.7 Å². The SMILES string of the molecule is O=C(Nc1nc(-c2cccc(C(F)(F)F)c2)cs1)[C@H]1CCCN1C(=O)C1CC1. The molecule has 2 aromatic rings. The van der Waals surface area contributed by atoms with Crippen molar-refractivity contribution in [2.75, 3.05) is 11.9 Å². The van der Waals surface area contributed by atoms with E-state index in [0.717, 1.165) is 42.7 Å². The number of halogens is 3. The van der Waals surface area contributed by atoms with Crippen LogP contribution in [0.15, 0.2) is 29.6 Å². The lowest BCUT2D eigenvalue weighted by molar-refractivity contribution is -0.138. The Balaban J connectivity index is 1.46. The van der Waals surface area contributed by atoms with Crippen molar-refractivity contribution in [3.63, 3.8) is 0 Å². The predicted molar refractivity (Wildman–Crippen MR) is 98.6 cm³/mol. The topological polar surface area (TPSA) is 62.3 Å². The highest BCUT2D eigenvalue weighted by Crippen LogP contribution is 2.35. The van der Waals surface area contributed by atoms with Gasteiger partial charge in [0.15, 0.2) is 5.13 Å². The maximum atomic E-state index is 12.9. The van der Waals surface area contributed by atoms with Crippen molar-refractivity contribution in [3.8, 4) is 11.3 Å². The number of nitrogens with one attached hydrogen (secondary N) is 1. The fraction of sp³-hybridized carbons (Fsp3) is 0.421. The van der Waals surface area contributed by atoms with Gasteiger partial charge in [0.2, 0.25) is 11.8 Å². The normalized spacial score (nSPS) is 19.7. The molecule has 1 saturated carbocycles. The Morgan fingerprint density at radius 3 is 2.71 bits per heavy atom. The van der Waals surface area contributed by atoms with Crippen LogP contribution < -0.4 is 5.32 Å². The second-order valence-electron chi connectivity index (χ2n) is 7.07. The van der Waals surface area contributed by atoms with Crippen molar-refractivity contribution in [3.05, 3.63) is 35.2 Å². The van der Waals surface area contributed by atoms with Gasteiger partial charge in [0.1, 0.15) is 6.04 Å². The summed E-state index contributed by atoms with van der Waals surface area (Å²) in [5.41, 5.74) is -0.0505. The van der Waals surface area contributed by atoms with Crippen molar-refractivity contribution in [2.24, 2.45) is 5.92 Å². The van der Waals surface area contributed by atoms with Crippen LogP contribution in [0.25, 0.3) is 11.3 Å². The van der Waals surface area contributed by atoms with Gasteiger partial charge in [0.05, 0.1) is 11.3 Å². The minimum absolute atomic E-state index is 0.0430. The summed E-state index contributed by atoms with van der Waals surface area (Å²) < 4.78 is 38.7. The summed E-state index contributed by atoms with van der Waals surface area (Å²) in [6.45, 7) is 0.584. The van der Waals surface area contributed by atoms with E-state index in [1.54, 1.807) is 16.3 Å². The fourth-order valence-corrected chi connectivity index (χ4v) is 4.10. The zero-order valence-corrected chi connectivity index (χ0v) is 15.6. The lowest BCUT2D eigenvalue weighted by Crippen LogP contribution is -2.43. The number of hydrogen-bond acceptors (Lipinski definition) is 4. The van der Waals surface area contributed by atoms with Crippen LogP contribution in [0.2, 0.25) is 0 Å². The third kappa shape index (κ3) is 3.89. The molecule has 5 nitrogen and oxygen atoms in total. The Bertz CT molecular complexity index is 908. The summed E-state index contributed by atoms with van der Waals surface area (Å²) >= 11 is 1.15. The number of nitrogens with zero attached hydrogens (tertiary/aromatic N) is 2. The second kappa shape index (κ2) is 7.20. The molecule has 1 saturated heterocycles. The van der Waals surface area contributed by atoms with Gasteiger partial charge in [-0.3, -0.25) is 9.59 Å². The number of carbonyl (C=O) groups excluding carboxylic acids is 2. The summed E-state index contributed by atoms with van der Waals surface area (Å²) in [5.74, 6) is -0.196. The summed E-state index contributed by atoms with van der Waals surface area (Å²) in [4.78, 5) is 30.8. The summed E-state index contributed by atoms with van der Waals surface area (Å²) in [6, 6.07) is 4.41. The summed E-state index contributed by atoms with van der Waals surface area (Å²) in [6.07, 6.45) is -1.27. The van der Waals surface area contributed by atoms with E-state index < -0.39 is 17.8 Å². The largest absolute Gasteiger partial charge is 0.416 e. The molecule has 1 aromatic carbocycles. The Kier molecular flexibility index (Phi) is 4.86. The first-order chi connectivity index (χ1) is 13.3. The minimum atomic E-state index is -4.43. The van der Waals surface area contributed by atoms with Crippen molar-refractivity contribution in [2.45, 2.75) is 37.9 Å². The van der Waals surface area contributed by atoms with Crippen molar-refractivity contribution < 1.29 is 22.8 Å². The lowest BCUT2D eigenvalue weighted by atomic mass is 10.1. The van der Waals surface area contributed by atoms with E-state index in [1.807, 2.05) is 0 Å². The molecular weight excluding hydrogens is 391 g/mol. The van der Waals surface area contributed by atoms with Gasteiger partial charge < -0.3 is 10.2 Å². The molecule has 2 aliphatic rings. The van der Waals surface area contributed by atoms with Gasteiger partial charge in [-0.25, -0.2) is 4.98 Å². The maximum absolute atomic E-state index is 12.9. The molecule has 0 radical (unpaired) electrons. The van der Waals surface area contributed by atoms with Crippen LogP contribution in [0.5, 0.6) is 0 Å². The maximum Gasteiger partial charge on any atom is 0.416 e. The molecular formula is C19H18F3N3O2S. The van der Waals surface area contributed by atoms with Gasteiger partial charge in [0.25, 0.3) is 0 Å². The lowest BCUT2D eigenvalue weighted by Gasteiger charge is -2.23. The Morgan fingerprint density at radius 2 is 2.00 bits per heavy atom. The van der Waals surface area contributed by atoms with Crippen LogP contribution in [0.3, 0.4) is 0 Å². The molecule has 1 N–H and O–H groups in total. The predicted octanol–water partition coefficient (Wildman–Crippen LogP) is 4.17. The number of amides is 2. The van der Waals surface area contributed by atoms with E-state index in [9.17, 15) is 22.8 Å². The molecule has 28 heavy (non-hydrogen) atoms. The zero-order valence-electron chi connectivity index (χ0n) is 14.8. The molecule has 1 aromatic heterocycles. The van der Waals surface area contributed by atoms with Crippen molar-refractivity contribution >= 4 is 28.3 Å². The van der Waals surface area contributed by atoms with Crippen molar-refractivity contribution in [1.82, 2.24) is 9.88 Å². The molecule has 2 amide bonds. The van der Waals surface area contributed by atoms with Gasteiger partial charge in [-0.1, -0.05) is 12.1 Å². The monoisotopic (exact) mass is 409 g/mol.